The molecule has 0 spiro atoms. The average Bonchev–Trinajstić information content (AvgIpc) is 3.52. The fraction of sp³-hybridized carbons (Fsp3) is 0.409. The Balaban J connectivity index is 1.68. The maximum Gasteiger partial charge on any atom is 0.387 e. The Morgan fingerprint density at radius 3 is 2.65 bits per heavy atom. The molecular weight excluding hydrogens is 406 g/mol. The number of hydrogen-bond donors (Lipinski definition) is 0. The second-order valence-electron chi connectivity index (χ2n) is 7.75. The van der Waals surface area contributed by atoms with Crippen LogP contribution in [0.3, 0.4) is 0 Å². The van der Waals surface area contributed by atoms with Crippen molar-refractivity contribution in [2.24, 2.45) is 7.05 Å². The number of fused-ring (bicyclic) bond motifs is 1. The van der Waals surface area contributed by atoms with E-state index < -0.39 is 6.61 Å². The smallest absolute Gasteiger partial charge is 0.387 e. The van der Waals surface area contributed by atoms with E-state index in [2.05, 4.69) is 14.8 Å². The molecule has 2 heterocycles. The number of carbonyl (C=O) groups is 1. The van der Waals surface area contributed by atoms with E-state index in [1.54, 1.807) is 22.9 Å². The number of nitrogens with zero attached hydrogens (tertiary/aromatic N) is 4. The van der Waals surface area contributed by atoms with Crippen LogP contribution in [0.2, 0.25) is 0 Å². The lowest BCUT2D eigenvalue weighted by molar-refractivity contribution is -0.0512. The first kappa shape index (κ1) is 21.0. The first-order valence-electron chi connectivity index (χ1n) is 10.0. The zero-order valence-corrected chi connectivity index (χ0v) is 17.9. The second kappa shape index (κ2) is 8.13. The molecule has 1 saturated carbocycles. The summed E-state index contributed by atoms with van der Waals surface area (Å²) in [5.74, 6) is 0.0650. The number of halogens is 2. The van der Waals surface area contributed by atoms with Crippen molar-refractivity contribution in [2.75, 3.05) is 7.11 Å². The third kappa shape index (κ3) is 4.17. The fourth-order valence-electron chi connectivity index (χ4n) is 3.85. The van der Waals surface area contributed by atoms with Crippen LogP contribution < -0.4 is 9.47 Å². The van der Waals surface area contributed by atoms with Crippen molar-refractivity contribution in [1.82, 2.24) is 19.7 Å². The van der Waals surface area contributed by atoms with Gasteiger partial charge in [-0.15, -0.1) is 0 Å². The summed E-state index contributed by atoms with van der Waals surface area (Å²) in [6, 6.07) is 6.68. The average molecular weight is 430 g/mol. The van der Waals surface area contributed by atoms with Gasteiger partial charge in [0.2, 0.25) is 0 Å². The fourth-order valence-corrected chi connectivity index (χ4v) is 3.85. The van der Waals surface area contributed by atoms with Crippen molar-refractivity contribution < 1.29 is 23.0 Å². The third-order valence-corrected chi connectivity index (χ3v) is 5.37. The normalized spacial score (nSPS) is 13.6. The van der Waals surface area contributed by atoms with E-state index >= 15 is 0 Å². The van der Waals surface area contributed by atoms with Gasteiger partial charge in [0, 0.05) is 25.3 Å². The van der Waals surface area contributed by atoms with Crippen molar-refractivity contribution in [3.05, 3.63) is 46.8 Å². The first-order chi connectivity index (χ1) is 14.8. The quantitative estimate of drug-likeness (QED) is 0.567. The van der Waals surface area contributed by atoms with Gasteiger partial charge < -0.3 is 14.4 Å². The molecule has 1 aliphatic carbocycles. The number of alkyl halides is 2. The minimum absolute atomic E-state index is 0.0389. The maximum atomic E-state index is 13.6. The molecular formula is C22H24F2N4O3. The van der Waals surface area contributed by atoms with Crippen LogP contribution in [-0.2, 0) is 13.6 Å². The number of amides is 1. The third-order valence-electron chi connectivity index (χ3n) is 5.37. The summed E-state index contributed by atoms with van der Waals surface area (Å²) in [5, 5.41) is 5.18. The largest absolute Gasteiger partial charge is 0.493 e. The highest BCUT2D eigenvalue weighted by atomic mass is 19.3. The summed E-state index contributed by atoms with van der Waals surface area (Å²) < 4.78 is 36.6. The monoisotopic (exact) mass is 430 g/mol. The zero-order chi connectivity index (χ0) is 22.3. The van der Waals surface area contributed by atoms with Crippen LogP contribution in [0.4, 0.5) is 8.78 Å². The molecule has 3 aromatic rings. The molecule has 1 fully saturated rings. The number of carbonyl (C=O) groups excluding carboxylic acids is 1. The second-order valence-corrected chi connectivity index (χ2v) is 7.75. The molecule has 0 aliphatic heterocycles. The summed E-state index contributed by atoms with van der Waals surface area (Å²) in [6.45, 7) is 1.11. The summed E-state index contributed by atoms with van der Waals surface area (Å²) in [5.41, 5.74) is 3.50. The SMILES string of the molecule is COc1cc(CN(C(=O)c2cc(C)nc3c2c(C)nn3C)C2CC2)ccc1OC(F)F. The lowest BCUT2D eigenvalue weighted by atomic mass is 10.1. The summed E-state index contributed by atoms with van der Waals surface area (Å²) in [4.78, 5) is 20.0. The number of methoxy groups -OCH3 is 1. The predicted molar refractivity (Wildman–Crippen MR) is 111 cm³/mol. The zero-order valence-electron chi connectivity index (χ0n) is 17.9. The number of benzene rings is 1. The van der Waals surface area contributed by atoms with Gasteiger partial charge in [0.1, 0.15) is 0 Å². The van der Waals surface area contributed by atoms with Gasteiger partial charge in [-0.2, -0.15) is 13.9 Å². The van der Waals surface area contributed by atoms with Crippen molar-refractivity contribution >= 4 is 16.9 Å². The van der Waals surface area contributed by atoms with E-state index in [9.17, 15) is 13.6 Å². The molecule has 2 aromatic heterocycles. The Morgan fingerprint density at radius 1 is 1.26 bits per heavy atom. The Labute approximate surface area is 178 Å². The Hall–Kier alpha value is -3.23. The van der Waals surface area contributed by atoms with E-state index in [0.29, 0.717) is 17.8 Å². The van der Waals surface area contributed by atoms with E-state index in [-0.39, 0.29) is 23.4 Å². The van der Waals surface area contributed by atoms with Crippen LogP contribution in [-0.4, -0.2) is 45.3 Å². The van der Waals surface area contributed by atoms with Crippen LogP contribution in [0.1, 0.15) is 40.2 Å². The van der Waals surface area contributed by atoms with Gasteiger partial charge in [0.25, 0.3) is 5.91 Å². The van der Waals surface area contributed by atoms with Crippen LogP contribution in [0, 0.1) is 13.8 Å². The summed E-state index contributed by atoms with van der Waals surface area (Å²) in [7, 11) is 3.20. The van der Waals surface area contributed by atoms with Crippen molar-refractivity contribution in [3.8, 4) is 11.5 Å². The Bertz CT molecular complexity index is 1140. The predicted octanol–water partition coefficient (Wildman–Crippen LogP) is 4.00. The Kier molecular flexibility index (Phi) is 5.51. The number of aryl methyl sites for hydroxylation is 3. The maximum absolute atomic E-state index is 13.6. The molecule has 0 atom stereocenters. The number of hydrogen-bond acceptors (Lipinski definition) is 5. The number of pyridine rings is 1. The van der Waals surface area contributed by atoms with Crippen molar-refractivity contribution in [3.63, 3.8) is 0 Å². The lowest BCUT2D eigenvalue weighted by Gasteiger charge is -2.24. The molecule has 31 heavy (non-hydrogen) atoms. The minimum atomic E-state index is -2.94. The van der Waals surface area contributed by atoms with Crippen LogP contribution >= 0.6 is 0 Å². The molecule has 0 unspecified atom stereocenters. The molecule has 7 nitrogen and oxygen atoms in total. The molecule has 164 valence electrons. The van der Waals surface area contributed by atoms with Crippen LogP contribution in [0.5, 0.6) is 11.5 Å². The van der Waals surface area contributed by atoms with Crippen LogP contribution in [0.15, 0.2) is 24.3 Å². The van der Waals surface area contributed by atoms with Crippen LogP contribution in [0.25, 0.3) is 11.0 Å². The van der Waals surface area contributed by atoms with E-state index in [1.807, 2.05) is 25.8 Å². The standard InChI is InChI=1S/C22H24F2N4O3/c1-12-9-16(19-13(2)26-27(3)20(19)25-12)21(29)28(15-6-7-15)11-14-5-8-17(31-22(23)24)18(10-14)30-4/h5,8-10,15,22H,6-7,11H2,1-4H3. The molecule has 1 aromatic carbocycles. The highest BCUT2D eigenvalue weighted by Crippen LogP contribution is 2.34. The van der Waals surface area contributed by atoms with Gasteiger partial charge >= 0.3 is 6.61 Å². The highest BCUT2D eigenvalue weighted by molar-refractivity contribution is 6.06. The van der Waals surface area contributed by atoms with Gasteiger partial charge in [0.05, 0.1) is 23.8 Å². The van der Waals surface area contributed by atoms with Gasteiger partial charge in [0.15, 0.2) is 17.1 Å². The molecule has 0 radical (unpaired) electrons. The van der Waals surface area contributed by atoms with E-state index in [0.717, 1.165) is 35.2 Å². The molecule has 0 saturated heterocycles. The van der Waals surface area contributed by atoms with Crippen molar-refractivity contribution in [2.45, 2.75) is 45.9 Å². The van der Waals surface area contributed by atoms with Gasteiger partial charge in [-0.25, -0.2) is 4.98 Å². The van der Waals surface area contributed by atoms with E-state index in [1.165, 1.54) is 13.2 Å². The molecule has 1 aliphatic rings. The molecule has 0 bridgehead atoms. The first-order valence-corrected chi connectivity index (χ1v) is 10.0. The topological polar surface area (TPSA) is 69.5 Å². The van der Waals surface area contributed by atoms with E-state index in [4.69, 9.17) is 4.74 Å². The number of ether oxygens (including phenoxy) is 2. The van der Waals surface area contributed by atoms with Gasteiger partial charge in [-0.1, -0.05) is 6.07 Å². The van der Waals surface area contributed by atoms with Gasteiger partial charge in [-0.05, 0) is 50.5 Å². The van der Waals surface area contributed by atoms with Gasteiger partial charge in [-0.3, -0.25) is 9.48 Å². The summed E-state index contributed by atoms with van der Waals surface area (Å²) in [6.07, 6.45) is 1.85. The lowest BCUT2D eigenvalue weighted by Crippen LogP contribution is -2.33. The molecule has 1 amide bonds. The highest BCUT2D eigenvalue weighted by Gasteiger charge is 2.34. The van der Waals surface area contributed by atoms with Crippen molar-refractivity contribution in [1.29, 1.82) is 0 Å². The number of aromatic nitrogens is 3. The summed E-state index contributed by atoms with van der Waals surface area (Å²) >= 11 is 0. The molecule has 0 N–H and O–H groups in total. The molecule has 4 rings (SSSR count). The number of rotatable bonds is 7. The minimum Gasteiger partial charge on any atom is -0.493 e. The Morgan fingerprint density at radius 2 is 2.00 bits per heavy atom. The molecule has 9 heteroatoms.